The van der Waals surface area contributed by atoms with Crippen molar-refractivity contribution in [2.24, 2.45) is 0 Å². The normalized spacial score (nSPS) is 20.1. The number of aliphatic hydroxyl groups excluding tert-OH is 1. The highest BCUT2D eigenvalue weighted by atomic mass is 16.5. The van der Waals surface area contributed by atoms with Gasteiger partial charge in [0.1, 0.15) is 0 Å². The van der Waals surface area contributed by atoms with Crippen LogP contribution in [0.4, 0.5) is 0 Å². The van der Waals surface area contributed by atoms with Crippen LogP contribution in [0, 0.1) is 0 Å². The van der Waals surface area contributed by atoms with Crippen LogP contribution in [0.15, 0.2) is 34.9 Å². The van der Waals surface area contributed by atoms with Crippen molar-refractivity contribution in [1.82, 2.24) is 10.1 Å². The first kappa shape index (κ1) is 13.3. The average molecular weight is 274 g/mol. The number of aromatic nitrogens is 2. The zero-order chi connectivity index (χ0) is 13.8. The van der Waals surface area contributed by atoms with Gasteiger partial charge in [0.2, 0.25) is 5.89 Å². The minimum absolute atomic E-state index is 0.208. The number of nitrogens with zero attached hydrogens (tertiary/aromatic N) is 2. The zero-order valence-electron chi connectivity index (χ0n) is 11.2. The molecule has 0 amide bonds. The second-order valence-electron chi connectivity index (χ2n) is 5.07. The summed E-state index contributed by atoms with van der Waals surface area (Å²) in [4.78, 5) is 4.32. The third-order valence-electron chi connectivity index (χ3n) is 3.50. The van der Waals surface area contributed by atoms with Crippen molar-refractivity contribution in [2.75, 3.05) is 6.61 Å². The van der Waals surface area contributed by atoms with Gasteiger partial charge >= 0.3 is 0 Å². The molecule has 0 aliphatic carbocycles. The molecule has 2 aromatic rings. The number of rotatable bonds is 5. The lowest BCUT2D eigenvalue weighted by Gasteiger charge is -2.07. The van der Waals surface area contributed by atoms with Gasteiger partial charge in [0.15, 0.2) is 5.82 Å². The SMILES string of the molecule is OC(Cc1nc(CC2CCCO2)no1)c1ccccc1. The summed E-state index contributed by atoms with van der Waals surface area (Å²) in [5, 5.41) is 14.1. The summed E-state index contributed by atoms with van der Waals surface area (Å²) in [5.41, 5.74) is 0.853. The van der Waals surface area contributed by atoms with Crippen molar-refractivity contribution in [3.05, 3.63) is 47.6 Å². The Morgan fingerprint density at radius 2 is 2.15 bits per heavy atom. The predicted molar refractivity (Wildman–Crippen MR) is 72.1 cm³/mol. The van der Waals surface area contributed by atoms with E-state index in [9.17, 15) is 5.11 Å². The van der Waals surface area contributed by atoms with Crippen molar-refractivity contribution in [2.45, 2.75) is 37.9 Å². The summed E-state index contributed by atoms with van der Waals surface area (Å²) < 4.78 is 10.7. The maximum atomic E-state index is 10.1. The monoisotopic (exact) mass is 274 g/mol. The zero-order valence-corrected chi connectivity index (χ0v) is 11.2. The number of hydrogen-bond acceptors (Lipinski definition) is 5. The van der Waals surface area contributed by atoms with E-state index in [1.165, 1.54) is 0 Å². The molecule has 0 spiro atoms. The fourth-order valence-electron chi connectivity index (χ4n) is 2.42. The Kier molecular flexibility index (Phi) is 4.08. The van der Waals surface area contributed by atoms with E-state index >= 15 is 0 Å². The second kappa shape index (κ2) is 6.15. The topological polar surface area (TPSA) is 68.4 Å². The fraction of sp³-hybridized carbons (Fsp3) is 0.467. The van der Waals surface area contributed by atoms with Gasteiger partial charge in [0.25, 0.3) is 0 Å². The predicted octanol–water partition coefficient (Wildman–Crippen LogP) is 2.07. The molecule has 1 fully saturated rings. The second-order valence-corrected chi connectivity index (χ2v) is 5.07. The van der Waals surface area contributed by atoms with Gasteiger partial charge in [-0.15, -0.1) is 0 Å². The summed E-state index contributed by atoms with van der Waals surface area (Å²) in [6.45, 7) is 0.822. The number of benzene rings is 1. The molecule has 3 rings (SSSR count). The van der Waals surface area contributed by atoms with Crippen LogP contribution in [0.2, 0.25) is 0 Å². The molecule has 1 saturated heterocycles. The van der Waals surface area contributed by atoms with Gasteiger partial charge < -0.3 is 14.4 Å². The van der Waals surface area contributed by atoms with Gasteiger partial charge in [-0.2, -0.15) is 4.98 Å². The Hall–Kier alpha value is -1.72. The van der Waals surface area contributed by atoms with Crippen LogP contribution >= 0.6 is 0 Å². The van der Waals surface area contributed by atoms with E-state index in [2.05, 4.69) is 10.1 Å². The summed E-state index contributed by atoms with van der Waals surface area (Å²) in [5.74, 6) is 1.13. The van der Waals surface area contributed by atoms with E-state index in [-0.39, 0.29) is 6.10 Å². The first-order valence-electron chi connectivity index (χ1n) is 6.97. The van der Waals surface area contributed by atoms with Gasteiger partial charge in [-0.1, -0.05) is 35.5 Å². The maximum absolute atomic E-state index is 10.1. The first-order valence-corrected chi connectivity index (χ1v) is 6.97. The molecule has 1 aromatic carbocycles. The molecule has 20 heavy (non-hydrogen) atoms. The molecule has 1 aromatic heterocycles. The number of aliphatic hydroxyl groups is 1. The molecule has 106 valence electrons. The van der Waals surface area contributed by atoms with Crippen LogP contribution in [0.3, 0.4) is 0 Å². The highest BCUT2D eigenvalue weighted by molar-refractivity contribution is 5.18. The van der Waals surface area contributed by atoms with Crippen LogP contribution in [0.1, 0.15) is 36.2 Å². The first-order chi connectivity index (χ1) is 9.81. The highest BCUT2D eigenvalue weighted by Crippen LogP contribution is 2.19. The van der Waals surface area contributed by atoms with E-state index in [0.717, 1.165) is 25.0 Å². The van der Waals surface area contributed by atoms with Crippen LogP contribution in [-0.4, -0.2) is 28.0 Å². The molecule has 5 nitrogen and oxygen atoms in total. The molecular formula is C15H18N2O3. The van der Waals surface area contributed by atoms with Gasteiger partial charge in [0, 0.05) is 13.0 Å². The molecule has 5 heteroatoms. The Balaban J connectivity index is 1.59. The van der Waals surface area contributed by atoms with E-state index in [1.807, 2.05) is 30.3 Å². The summed E-state index contributed by atoms with van der Waals surface area (Å²) >= 11 is 0. The Bertz CT molecular complexity index is 535. The largest absolute Gasteiger partial charge is 0.388 e. The van der Waals surface area contributed by atoms with Crippen LogP contribution in [-0.2, 0) is 17.6 Å². The minimum Gasteiger partial charge on any atom is -0.388 e. The summed E-state index contributed by atoms with van der Waals surface area (Å²) in [6, 6.07) is 9.48. The number of hydrogen-bond donors (Lipinski definition) is 1. The molecule has 1 aliphatic heterocycles. The van der Waals surface area contributed by atoms with Crippen molar-refractivity contribution >= 4 is 0 Å². The summed E-state index contributed by atoms with van der Waals surface area (Å²) in [6.07, 6.45) is 2.76. The van der Waals surface area contributed by atoms with Crippen LogP contribution < -0.4 is 0 Å². The average Bonchev–Trinajstić information content (AvgIpc) is 3.12. The van der Waals surface area contributed by atoms with Crippen LogP contribution in [0.5, 0.6) is 0 Å². The Morgan fingerprint density at radius 3 is 2.90 bits per heavy atom. The lowest BCUT2D eigenvalue weighted by molar-refractivity contribution is 0.109. The molecule has 0 radical (unpaired) electrons. The van der Waals surface area contributed by atoms with E-state index in [1.54, 1.807) is 0 Å². The van der Waals surface area contributed by atoms with Crippen molar-refractivity contribution < 1.29 is 14.4 Å². The maximum Gasteiger partial charge on any atom is 0.229 e. The highest BCUT2D eigenvalue weighted by Gasteiger charge is 2.20. The molecule has 2 atom stereocenters. The van der Waals surface area contributed by atoms with E-state index in [4.69, 9.17) is 9.26 Å². The molecule has 0 bridgehead atoms. The lowest BCUT2D eigenvalue weighted by Crippen LogP contribution is -2.10. The summed E-state index contributed by atoms with van der Waals surface area (Å²) in [7, 11) is 0. The standard InChI is InChI=1S/C15H18N2O3/c18-13(11-5-2-1-3-6-11)10-15-16-14(17-20-15)9-12-7-4-8-19-12/h1-3,5-6,12-13,18H,4,7-10H2. The van der Waals surface area contributed by atoms with E-state index in [0.29, 0.717) is 24.6 Å². The molecular weight excluding hydrogens is 256 g/mol. The van der Waals surface area contributed by atoms with Crippen molar-refractivity contribution in [3.63, 3.8) is 0 Å². The van der Waals surface area contributed by atoms with Gasteiger partial charge in [-0.3, -0.25) is 0 Å². The van der Waals surface area contributed by atoms with Crippen molar-refractivity contribution in [1.29, 1.82) is 0 Å². The van der Waals surface area contributed by atoms with Gasteiger partial charge in [-0.25, -0.2) is 0 Å². The Morgan fingerprint density at radius 1 is 1.30 bits per heavy atom. The molecule has 2 unspecified atom stereocenters. The third kappa shape index (κ3) is 3.23. The van der Waals surface area contributed by atoms with Crippen LogP contribution in [0.25, 0.3) is 0 Å². The third-order valence-corrected chi connectivity index (χ3v) is 3.50. The van der Waals surface area contributed by atoms with Gasteiger partial charge in [-0.05, 0) is 18.4 Å². The van der Waals surface area contributed by atoms with E-state index < -0.39 is 6.10 Å². The molecule has 2 heterocycles. The fourth-order valence-corrected chi connectivity index (χ4v) is 2.42. The smallest absolute Gasteiger partial charge is 0.229 e. The van der Waals surface area contributed by atoms with Gasteiger partial charge in [0.05, 0.1) is 18.6 Å². The Labute approximate surface area is 117 Å². The molecule has 1 aliphatic rings. The quantitative estimate of drug-likeness (QED) is 0.904. The molecule has 0 saturated carbocycles. The minimum atomic E-state index is -0.618. The molecule has 1 N–H and O–H groups in total. The lowest BCUT2D eigenvalue weighted by atomic mass is 10.1. The number of ether oxygens (including phenoxy) is 1. The van der Waals surface area contributed by atoms with Crippen molar-refractivity contribution in [3.8, 4) is 0 Å².